The van der Waals surface area contributed by atoms with Crippen LogP contribution in [0, 0.1) is 11.7 Å². The van der Waals surface area contributed by atoms with E-state index in [4.69, 9.17) is 0 Å². The number of nitrogens with one attached hydrogen (secondary N) is 1. The Bertz CT molecular complexity index is 426. The van der Waals surface area contributed by atoms with Gasteiger partial charge < -0.3 is 15.1 Å². The van der Waals surface area contributed by atoms with Gasteiger partial charge in [0.05, 0.1) is 5.69 Å². The number of hydrogen-bond acceptors (Lipinski definition) is 3. The predicted octanol–water partition coefficient (Wildman–Crippen LogP) is 2.32. The molecule has 1 saturated heterocycles. The number of halogens is 1. The third-order valence-electron chi connectivity index (χ3n) is 3.76. The Morgan fingerprint density at radius 3 is 2.55 bits per heavy atom. The van der Waals surface area contributed by atoms with Crippen molar-refractivity contribution in [1.29, 1.82) is 0 Å². The predicted molar refractivity (Wildman–Crippen MR) is 82.7 cm³/mol. The molecule has 0 bridgehead atoms. The Hall–Kier alpha value is -1.13. The van der Waals surface area contributed by atoms with Crippen LogP contribution in [0.15, 0.2) is 18.2 Å². The second-order valence-corrected chi connectivity index (χ2v) is 6.06. The number of para-hydroxylation sites is 1. The lowest BCUT2D eigenvalue weighted by atomic mass is 10.1. The average molecular weight is 279 g/mol. The molecule has 0 amide bonds. The first kappa shape index (κ1) is 15.3. The summed E-state index contributed by atoms with van der Waals surface area (Å²) in [5.41, 5.74) is 1.85. The summed E-state index contributed by atoms with van der Waals surface area (Å²) in [5, 5.41) is 3.41. The highest BCUT2D eigenvalue weighted by Gasteiger charge is 2.20. The third kappa shape index (κ3) is 3.93. The maximum atomic E-state index is 14.2. The van der Waals surface area contributed by atoms with Gasteiger partial charge in [0.25, 0.3) is 0 Å². The topological polar surface area (TPSA) is 18.5 Å². The minimum atomic E-state index is -0.0987. The number of benzene rings is 1. The highest BCUT2D eigenvalue weighted by Crippen LogP contribution is 2.25. The van der Waals surface area contributed by atoms with Crippen molar-refractivity contribution in [3.8, 4) is 0 Å². The largest absolute Gasteiger partial charge is 0.366 e. The summed E-state index contributed by atoms with van der Waals surface area (Å²) in [6, 6.07) is 5.41. The highest BCUT2D eigenvalue weighted by molar-refractivity contribution is 5.55. The van der Waals surface area contributed by atoms with Crippen molar-refractivity contribution in [2.75, 3.05) is 44.7 Å². The second-order valence-electron chi connectivity index (χ2n) is 6.06. The summed E-state index contributed by atoms with van der Waals surface area (Å²) in [7, 11) is 2.11. The zero-order valence-corrected chi connectivity index (χ0v) is 12.8. The van der Waals surface area contributed by atoms with Crippen LogP contribution < -0.4 is 10.2 Å². The molecular weight excluding hydrogens is 253 g/mol. The highest BCUT2D eigenvalue weighted by atomic mass is 19.1. The van der Waals surface area contributed by atoms with Crippen molar-refractivity contribution >= 4 is 5.69 Å². The van der Waals surface area contributed by atoms with Crippen LogP contribution in [0.1, 0.15) is 19.4 Å². The van der Waals surface area contributed by atoms with Crippen LogP contribution in [0.4, 0.5) is 10.1 Å². The van der Waals surface area contributed by atoms with Crippen LogP contribution in [0.2, 0.25) is 0 Å². The number of hydrogen-bond donors (Lipinski definition) is 1. The molecule has 2 rings (SSSR count). The van der Waals surface area contributed by atoms with E-state index in [9.17, 15) is 4.39 Å². The van der Waals surface area contributed by atoms with Gasteiger partial charge in [-0.3, -0.25) is 0 Å². The van der Waals surface area contributed by atoms with E-state index in [1.165, 1.54) is 0 Å². The Morgan fingerprint density at radius 2 is 1.90 bits per heavy atom. The molecular formula is C16H26FN3. The minimum Gasteiger partial charge on any atom is -0.366 e. The molecule has 1 aliphatic heterocycles. The van der Waals surface area contributed by atoms with E-state index in [1.807, 2.05) is 6.07 Å². The first-order valence-electron chi connectivity index (χ1n) is 7.49. The van der Waals surface area contributed by atoms with Crippen LogP contribution in [-0.4, -0.2) is 44.7 Å². The van der Waals surface area contributed by atoms with Gasteiger partial charge in [0.2, 0.25) is 0 Å². The van der Waals surface area contributed by atoms with Crippen LogP contribution >= 0.6 is 0 Å². The van der Waals surface area contributed by atoms with E-state index in [0.29, 0.717) is 5.92 Å². The summed E-state index contributed by atoms with van der Waals surface area (Å²) in [6.07, 6.45) is 0. The van der Waals surface area contributed by atoms with Gasteiger partial charge in [0.1, 0.15) is 5.82 Å². The van der Waals surface area contributed by atoms with Crippen molar-refractivity contribution in [3.63, 3.8) is 0 Å². The quantitative estimate of drug-likeness (QED) is 0.892. The molecule has 1 aliphatic rings. The first-order chi connectivity index (χ1) is 9.58. The van der Waals surface area contributed by atoms with Gasteiger partial charge >= 0.3 is 0 Å². The van der Waals surface area contributed by atoms with E-state index in [0.717, 1.165) is 50.5 Å². The monoisotopic (exact) mass is 279 g/mol. The maximum Gasteiger partial charge on any atom is 0.146 e. The summed E-state index contributed by atoms with van der Waals surface area (Å²) in [6.45, 7) is 9.83. The van der Waals surface area contributed by atoms with Gasteiger partial charge in [-0.25, -0.2) is 4.39 Å². The van der Waals surface area contributed by atoms with Gasteiger partial charge in [-0.05, 0) is 31.1 Å². The molecule has 0 aromatic heterocycles. The molecule has 0 saturated carbocycles. The van der Waals surface area contributed by atoms with Crippen LogP contribution in [0.5, 0.6) is 0 Å². The fourth-order valence-electron chi connectivity index (χ4n) is 2.58. The van der Waals surface area contributed by atoms with Crippen LogP contribution in [-0.2, 0) is 6.54 Å². The van der Waals surface area contributed by atoms with Gasteiger partial charge in [0.15, 0.2) is 0 Å². The molecule has 0 radical (unpaired) electrons. The minimum absolute atomic E-state index is 0.0987. The molecule has 3 nitrogen and oxygen atoms in total. The molecule has 1 heterocycles. The SMILES string of the molecule is CC(C)CNCc1cccc(F)c1N1CCN(C)CC1. The Kier molecular flexibility index (Phi) is 5.38. The summed E-state index contributed by atoms with van der Waals surface area (Å²) in [5.74, 6) is 0.508. The average Bonchev–Trinajstić information content (AvgIpc) is 2.40. The van der Waals surface area contributed by atoms with Gasteiger partial charge in [0, 0.05) is 32.7 Å². The Labute approximate surface area is 121 Å². The second kappa shape index (κ2) is 7.04. The fourth-order valence-corrected chi connectivity index (χ4v) is 2.58. The number of likely N-dealkylation sites (N-methyl/N-ethyl adjacent to an activating group) is 1. The summed E-state index contributed by atoms with van der Waals surface area (Å²) >= 11 is 0. The van der Waals surface area contributed by atoms with Crippen molar-refractivity contribution in [1.82, 2.24) is 10.2 Å². The molecule has 0 aliphatic carbocycles. The third-order valence-corrected chi connectivity index (χ3v) is 3.76. The van der Waals surface area contributed by atoms with Gasteiger partial charge in [-0.2, -0.15) is 0 Å². The van der Waals surface area contributed by atoms with E-state index in [2.05, 4.69) is 36.0 Å². The van der Waals surface area contributed by atoms with E-state index in [1.54, 1.807) is 12.1 Å². The molecule has 1 fully saturated rings. The van der Waals surface area contributed by atoms with Crippen molar-refractivity contribution in [3.05, 3.63) is 29.6 Å². The normalized spacial score (nSPS) is 16.9. The summed E-state index contributed by atoms with van der Waals surface area (Å²) < 4.78 is 14.2. The molecule has 4 heteroatoms. The maximum absolute atomic E-state index is 14.2. The van der Waals surface area contributed by atoms with Gasteiger partial charge in [-0.15, -0.1) is 0 Å². The van der Waals surface area contributed by atoms with Gasteiger partial charge in [-0.1, -0.05) is 26.0 Å². The summed E-state index contributed by atoms with van der Waals surface area (Å²) in [4.78, 5) is 4.47. The number of anilines is 1. The zero-order valence-electron chi connectivity index (χ0n) is 12.8. The van der Waals surface area contributed by atoms with Crippen molar-refractivity contribution < 1.29 is 4.39 Å². The van der Waals surface area contributed by atoms with E-state index >= 15 is 0 Å². The van der Waals surface area contributed by atoms with Crippen LogP contribution in [0.25, 0.3) is 0 Å². The fraction of sp³-hybridized carbons (Fsp3) is 0.625. The lowest BCUT2D eigenvalue weighted by Crippen LogP contribution is -2.45. The lowest BCUT2D eigenvalue weighted by molar-refractivity contribution is 0.311. The molecule has 112 valence electrons. The first-order valence-corrected chi connectivity index (χ1v) is 7.49. The van der Waals surface area contributed by atoms with Crippen LogP contribution in [0.3, 0.4) is 0 Å². The zero-order chi connectivity index (χ0) is 14.5. The van der Waals surface area contributed by atoms with Crippen molar-refractivity contribution in [2.24, 2.45) is 5.92 Å². The molecule has 0 atom stereocenters. The number of nitrogens with zero attached hydrogens (tertiary/aromatic N) is 2. The number of rotatable bonds is 5. The smallest absolute Gasteiger partial charge is 0.146 e. The number of piperazine rings is 1. The molecule has 0 spiro atoms. The Morgan fingerprint density at radius 1 is 1.20 bits per heavy atom. The van der Waals surface area contributed by atoms with Crippen molar-refractivity contribution in [2.45, 2.75) is 20.4 Å². The molecule has 1 N–H and O–H groups in total. The van der Waals surface area contributed by atoms with E-state index in [-0.39, 0.29) is 5.82 Å². The molecule has 0 unspecified atom stereocenters. The lowest BCUT2D eigenvalue weighted by Gasteiger charge is -2.35. The standard InChI is InChI=1S/C16H26FN3/c1-13(2)11-18-12-14-5-4-6-15(17)16(14)20-9-7-19(3)8-10-20/h4-6,13,18H,7-12H2,1-3H3. The molecule has 1 aromatic carbocycles. The Balaban J connectivity index is 2.09. The molecule has 1 aromatic rings. The van der Waals surface area contributed by atoms with E-state index < -0.39 is 0 Å². The molecule has 20 heavy (non-hydrogen) atoms.